The predicted octanol–water partition coefficient (Wildman–Crippen LogP) is 3.59. The lowest BCUT2D eigenvalue weighted by atomic mass is 10.4. The van der Waals surface area contributed by atoms with Crippen LogP contribution in [0.2, 0.25) is 10.0 Å². The van der Waals surface area contributed by atoms with Crippen molar-refractivity contribution in [3.63, 3.8) is 0 Å². The molecule has 2 aromatic rings. The van der Waals surface area contributed by atoms with E-state index in [1.165, 1.54) is 0 Å². The number of aromatic nitrogens is 2. The summed E-state index contributed by atoms with van der Waals surface area (Å²) >= 11 is 12.0. The smallest absolute Gasteiger partial charge is 0.213 e. The van der Waals surface area contributed by atoms with Crippen molar-refractivity contribution in [1.29, 1.82) is 0 Å². The van der Waals surface area contributed by atoms with Crippen LogP contribution in [0.25, 0.3) is 0 Å². The summed E-state index contributed by atoms with van der Waals surface area (Å²) in [6.45, 7) is 2.42. The largest absolute Gasteiger partial charge is 0.444 e. The minimum atomic E-state index is 0.414. The summed E-state index contributed by atoms with van der Waals surface area (Å²) in [6.07, 6.45) is 2.53. The van der Waals surface area contributed by atoms with Crippen LogP contribution in [-0.2, 0) is 13.0 Å². The molecule has 0 unspecified atom stereocenters. The normalized spacial score (nSPS) is 10.5. The Balaban J connectivity index is 2.10. The summed E-state index contributed by atoms with van der Waals surface area (Å²) in [5.74, 6) is 2.54. The Labute approximate surface area is 121 Å². The second kappa shape index (κ2) is 6.12. The molecule has 0 radical (unpaired) electrons. The summed E-state index contributed by atoms with van der Waals surface area (Å²) < 4.78 is 5.49. The molecule has 7 heteroatoms. The van der Waals surface area contributed by atoms with Crippen molar-refractivity contribution in [1.82, 2.24) is 9.97 Å². The second-order valence-corrected chi connectivity index (χ2v) is 4.64. The molecule has 0 atom stereocenters. The first-order valence-corrected chi connectivity index (χ1v) is 6.60. The summed E-state index contributed by atoms with van der Waals surface area (Å²) in [7, 11) is 1.74. The molecule has 2 aromatic heterocycles. The molecule has 0 fully saturated rings. The van der Waals surface area contributed by atoms with Gasteiger partial charge in [0.25, 0.3) is 0 Å². The lowest BCUT2D eigenvalue weighted by Crippen LogP contribution is -2.04. The van der Waals surface area contributed by atoms with E-state index in [2.05, 4.69) is 20.6 Å². The van der Waals surface area contributed by atoms with E-state index in [0.29, 0.717) is 34.1 Å². The van der Waals surface area contributed by atoms with Crippen molar-refractivity contribution >= 4 is 34.8 Å². The van der Waals surface area contributed by atoms with Gasteiger partial charge in [-0.15, -0.1) is 0 Å². The van der Waals surface area contributed by atoms with Crippen LogP contribution < -0.4 is 10.6 Å². The van der Waals surface area contributed by atoms with Crippen molar-refractivity contribution in [3.05, 3.63) is 34.0 Å². The van der Waals surface area contributed by atoms with Gasteiger partial charge in [0.05, 0.1) is 22.8 Å². The lowest BCUT2D eigenvalue weighted by Gasteiger charge is -2.09. The highest BCUT2D eigenvalue weighted by atomic mass is 35.5. The van der Waals surface area contributed by atoms with E-state index in [0.717, 1.165) is 12.2 Å². The number of nitrogens with one attached hydrogen (secondary N) is 2. The molecule has 0 aromatic carbocycles. The molecule has 0 bridgehead atoms. The molecule has 0 aliphatic carbocycles. The molecule has 0 spiro atoms. The van der Waals surface area contributed by atoms with Gasteiger partial charge in [0.2, 0.25) is 5.89 Å². The van der Waals surface area contributed by atoms with Gasteiger partial charge in [0.1, 0.15) is 17.4 Å². The number of halogens is 2. The van der Waals surface area contributed by atoms with E-state index in [1.54, 1.807) is 19.3 Å². The number of pyridine rings is 1. The number of oxazole rings is 1. The first-order chi connectivity index (χ1) is 9.13. The molecule has 5 nitrogen and oxygen atoms in total. The zero-order chi connectivity index (χ0) is 13.8. The second-order valence-electron chi connectivity index (χ2n) is 3.83. The van der Waals surface area contributed by atoms with Gasteiger partial charge in [-0.3, -0.25) is 0 Å². The average molecular weight is 301 g/mol. The fourth-order valence-corrected chi connectivity index (χ4v) is 2.04. The fraction of sp³-hybridized carbons (Fsp3) is 0.333. The maximum absolute atomic E-state index is 6.07. The molecular formula is C12H14Cl2N4O. The Hall–Kier alpha value is -1.46. The first kappa shape index (κ1) is 14.0. The van der Waals surface area contributed by atoms with Gasteiger partial charge in [0.15, 0.2) is 0 Å². The zero-order valence-corrected chi connectivity index (χ0v) is 12.1. The zero-order valence-electron chi connectivity index (χ0n) is 10.6. The van der Waals surface area contributed by atoms with E-state index in [4.69, 9.17) is 27.6 Å². The van der Waals surface area contributed by atoms with Crippen LogP contribution in [0.5, 0.6) is 0 Å². The topological polar surface area (TPSA) is 63.0 Å². The molecule has 2 N–H and O–H groups in total. The van der Waals surface area contributed by atoms with Gasteiger partial charge in [-0.2, -0.15) is 0 Å². The molecule has 19 heavy (non-hydrogen) atoms. The molecule has 2 heterocycles. The number of hydrogen-bond donors (Lipinski definition) is 2. The monoisotopic (exact) mass is 300 g/mol. The third-order valence-corrected chi connectivity index (χ3v) is 3.10. The minimum absolute atomic E-state index is 0.414. The Bertz CT molecular complexity index is 571. The molecule has 0 saturated heterocycles. The maximum atomic E-state index is 6.07. The van der Waals surface area contributed by atoms with Crippen LogP contribution in [-0.4, -0.2) is 17.0 Å². The van der Waals surface area contributed by atoms with Gasteiger partial charge in [-0.1, -0.05) is 30.1 Å². The van der Waals surface area contributed by atoms with E-state index in [1.807, 2.05) is 6.92 Å². The highest BCUT2D eigenvalue weighted by Gasteiger charge is 2.09. The van der Waals surface area contributed by atoms with E-state index < -0.39 is 0 Å². The third-order valence-electron chi connectivity index (χ3n) is 2.52. The number of rotatable bonds is 5. The SMILES string of the molecule is CCc1cnc(CNc2nc(NC)c(Cl)cc2Cl)o1. The molecule has 0 amide bonds. The number of hydrogen-bond acceptors (Lipinski definition) is 5. The van der Waals surface area contributed by atoms with Crippen molar-refractivity contribution in [2.45, 2.75) is 19.9 Å². The van der Waals surface area contributed by atoms with E-state index in [-0.39, 0.29) is 0 Å². The van der Waals surface area contributed by atoms with Gasteiger partial charge in [-0.25, -0.2) is 9.97 Å². The van der Waals surface area contributed by atoms with Crippen LogP contribution in [0.1, 0.15) is 18.6 Å². The van der Waals surface area contributed by atoms with Crippen LogP contribution in [0.3, 0.4) is 0 Å². The Kier molecular flexibility index (Phi) is 4.50. The number of anilines is 2. The van der Waals surface area contributed by atoms with Gasteiger partial charge in [0, 0.05) is 13.5 Å². The van der Waals surface area contributed by atoms with Crippen LogP contribution in [0.4, 0.5) is 11.6 Å². The van der Waals surface area contributed by atoms with Crippen molar-refractivity contribution in [3.8, 4) is 0 Å². The van der Waals surface area contributed by atoms with E-state index >= 15 is 0 Å². The van der Waals surface area contributed by atoms with Crippen molar-refractivity contribution in [2.75, 3.05) is 17.7 Å². The predicted molar refractivity (Wildman–Crippen MR) is 77.0 cm³/mol. The Morgan fingerprint density at radius 1 is 1.26 bits per heavy atom. The molecule has 102 valence electrons. The van der Waals surface area contributed by atoms with Crippen molar-refractivity contribution < 1.29 is 4.42 Å². The maximum Gasteiger partial charge on any atom is 0.213 e. The van der Waals surface area contributed by atoms with Gasteiger partial charge in [-0.05, 0) is 6.07 Å². The highest BCUT2D eigenvalue weighted by Crippen LogP contribution is 2.29. The molecule has 0 aliphatic heterocycles. The lowest BCUT2D eigenvalue weighted by molar-refractivity contribution is 0.465. The van der Waals surface area contributed by atoms with Crippen LogP contribution in [0, 0.1) is 0 Å². The summed E-state index contributed by atoms with van der Waals surface area (Å²) in [4.78, 5) is 8.43. The fourth-order valence-electron chi connectivity index (χ4n) is 1.52. The van der Waals surface area contributed by atoms with Gasteiger partial charge < -0.3 is 15.1 Å². The van der Waals surface area contributed by atoms with Crippen LogP contribution in [0.15, 0.2) is 16.7 Å². The highest BCUT2D eigenvalue weighted by molar-refractivity contribution is 6.37. The minimum Gasteiger partial charge on any atom is -0.444 e. The Morgan fingerprint density at radius 2 is 2.00 bits per heavy atom. The Morgan fingerprint density at radius 3 is 2.63 bits per heavy atom. The molecular weight excluding hydrogens is 287 g/mol. The standard InChI is InChI=1S/C12H14Cl2N4O/c1-3-7-5-16-10(19-7)6-17-12-9(14)4-8(13)11(15-2)18-12/h4-5H,3,6H2,1-2H3,(H2,15,17,18). The summed E-state index contributed by atoms with van der Waals surface area (Å²) in [5.41, 5.74) is 0. The van der Waals surface area contributed by atoms with Crippen LogP contribution >= 0.6 is 23.2 Å². The number of aryl methyl sites for hydroxylation is 1. The summed E-state index contributed by atoms with van der Waals surface area (Å²) in [5, 5.41) is 6.89. The molecule has 2 rings (SSSR count). The summed E-state index contributed by atoms with van der Waals surface area (Å²) in [6, 6.07) is 1.64. The van der Waals surface area contributed by atoms with E-state index in [9.17, 15) is 0 Å². The quantitative estimate of drug-likeness (QED) is 0.883. The van der Waals surface area contributed by atoms with Gasteiger partial charge >= 0.3 is 0 Å². The molecule has 0 saturated carbocycles. The first-order valence-electron chi connectivity index (χ1n) is 5.85. The molecule has 0 aliphatic rings. The third kappa shape index (κ3) is 3.30. The number of nitrogens with zero attached hydrogens (tertiary/aromatic N) is 2. The average Bonchev–Trinajstić information content (AvgIpc) is 2.86. The van der Waals surface area contributed by atoms with Crippen molar-refractivity contribution in [2.24, 2.45) is 0 Å².